The van der Waals surface area contributed by atoms with E-state index in [0.29, 0.717) is 11.8 Å². The summed E-state index contributed by atoms with van der Waals surface area (Å²) in [5.74, 6) is -1.30. The van der Waals surface area contributed by atoms with Gasteiger partial charge in [-0.25, -0.2) is 8.78 Å². The summed E-state index contributed by atoms with van der Waals surface area (Å²) in [6.07, 6.45) is 10.3. The molecule has 6 heteroatoms. The lowest BCUT2D eigenvalue weighted by atomic mass is 10.2. The van der Waals surface area contributed by atoms with Gasteiger partial charge < -0.3 is 0 Å². The lowest BCUT2D eigenvalue weighted by Crippen LogP contribution is -1.81. The molecule has 0 unspecified atom stereocenters. The van der Waals surface area contributed by atoms with Gasteiger partial charge in [0.1, 0.15) is 24.2 Å². The number of aldehydes is 2. The number of rotatable bonds is 4. The molecule has 0 atom stereocenters. The van der Waals surface area contributed by atoms with Crippen LogP contribution >= 0.6 is 15.9 Å². The quantitative estimate of drug-likeness (QED) is 0.589. The van der Waals surface area contributed by atoms with Crippen molar-refractivity contribution in [1.29, 1.82) is 0 Å². The Hall–Kier alpha value is -2.47. The average molecular weight is 380 g/mol. The Kier molecular flexibility index (Phi) is 8.31. The lowest BCUT2D eigenvalue weighted by Gasteiger charge is -1.93. The van der Waals surface area contributed by atoms with Crippen LogP contribution in [0.3, 0.4) is 0 Å². The zero-order chi connectivity index (χ0) is 17.1. The largest absolute Gasteiger partial charge is 0.299 e. The number of hydrogen-bond acceptors (Lipinski definition) is 3. The number of pyridine rings is 1. The summed E-state index contributed by atoms with van der Waals surface area (Å²) >= 11 is 3.27. The van der Waals surface area contributed by atoms with Crippen molar-refractivity contribution < 1.29 is 18.4 Å². The van der Waals surface area contributed by atoms with Crippen molar-refractivity contribution in [3.63, 3.8) is 0 Å². The van der Waals surface area contributed by atoms with Gasteiger partial charge in [0.05, 0.1) is 0 Å². The van der Waals surface area contributed by atoms with Crippen LogP contribution in [0, 0.1) is 11.6 Å². The van der Waals surface area contributed by atoms with Gasteiger partial charge in [-0.1, -0.05) is 12.2 Å². The first-order chi connectivity index (χ1) is 11.0. The van der Waals surface area contributed by atoms with Gasteiger partial charge in [-0.05, 0) is 57.4 Å². The highest BCUT2D eigenvalue weighted by Crippen LogP contribution is 2.10. The fourth-order valence-corrected chi connectivity index (χ4v) is 1.87. The van der Waals surface area contributed by atoms with Gasteiger partial charge in [-0.15, -0.1) is 0 Å². The number of nitrogens with zero attached hydrogens (tertiary/aromatic N) is 1. The summed E-state index contributed by atoms with van der Waals surface area (Å²) < 4.78 is 25.9. The maximum absolute atomic E-state index is 12.5. The third-order valence-corrected chi connectivity index (χ3v) is 2.78. The Bertz CT molecular complexity index is 710. The van der Waals surface area contributed by atoms with Gasteiger partial charge in [0.2, 0.25) is 0 Å². The van der Waals surface area contributed by atoms with E-state index >= 15 is 0 Å². The molecule has 2 aromatic rings. The van der Waals surface area contributed by atoms with Gasteiger partial charge >= 0.3 is 0 Å². The standard InChI is InChI=1S/C9H6F2O.C8H6BrNO/c10-8-4-7(2-1-3-12)5-9(11)6-8;9-8-4-7(2-1-3-11)5-10-6-8/h1-6H;1-6H/b2*2-1+. The minimum absolute atomic E-state index is 0.333. The first-order valence-corrected chi connectivity index (χ1v) is 7.15. The van der Waals surface area contributed by atoms with E-state index in [9.17, 15) is 18.4 Å². The zero-order valence-corrected chi connectivity index (χ0v) is 13.4. The molecule has 23 heavy (non-hydrogen) atoms. The molecule has 0 fully saturated rings. The van der Waals surface area contributed by atoms with E-state index in [1.807, 2.05) is 6.07 Å². The third kappa shape index (κ3) is 7.92. The molecule has 0 spiro atoms. The number of halogens is 3. The number of allylic oxidation sites excluding steroid dienone is 2. The van der Waals surface area contributed by atoms with Crippen molar-refractivity contribution in [3.8, 4) is 0 Å². The molecule has 0 saturated heterocycles. The number of carbonyl (C=O) groups is 2. The molecular formula is C17H12BrF2NO2. The van der Waals surface area contributed by atoms with Crippen LogP contribution in [-0.4, -0.2) is 17.6 Å². The summed E-state index contributed by atoms with van der Waals surface area (Å²) in [4.78, 5) is 23.7. The van der Waals surface area contributed by atoms with Crippen LogP contribution in [0.4, 0.5) is 8.78 Å². The van der Waals surface area contributed by atoms with Crippen LogP contribution in [-0.2, 0) is 9.59 Å². The zero-order valence-electron chi connectivity index (χ0n) is 11.8. The summed E-state index contributed by atoms with van der Waals surface area (Å²) in [6.45, 7) is 0. The minimum Gasteiger partial charge on any atom is -0.299 e. The predicted octanol–water partition coefficient (Wildman–Crippen LogP) is 4.23. The molecule has 1 aromatic carbocycles. The van der Waals surface area contributed by atoms with Crippen LogP contribution in [0.2, 0.25) is 0 Å². The van der Waals surface area contributed by atoms with E-state index in [-0.39, 0.29) is 0 Å². The minimum atomic E-state index is -0.652. The monoisotopic (exact) mass is 379 g/mol. The molecule has 0 aliphatic heterocycles. The topological polar surface area (TPSA) is 47.0 Å². The summed E-state index contributed by atoms with van der Waals surface area (Å²) in [7, 11) is 0. The Morgan fingerprint density at radius 3 is 1.91 bits per heavy atom. The Morgan fingerprint density at radius 2 is 1.39 bits per heavy atom. The van der Waals surface area contributed by atoms with Crippen LogP contribution in [0.25, 0.3) is 12.2 Å². The van der Waals surface area contributed by atoms with Gasteiger partial charge in [0.25, 0.3) is 0 Å². The fourth-order valence-electron chi connectivity index (χ4n) is 1.49. The van der Waals surface area contributed by atoms with Gasteiger partial charge in [-0.2, -0.15) is 0 Å². The first kappa shape index (κ1) is 18.6. The molecule has 0 aliphatic rings. The SMILES string of the molecule is O=C/C=C/c1cc(F)cc(F)c1.O=C/C=C/c1cncc(Br)c1. The molecule has 3 nitrogen and oxygen atoms in total. The average Bonchev–Trinajstić information content (AvgIpc) is 2.51. The molecule has 0 bridgehead atoms. The summed E-state index contributed by atoms with van der Waals surface area (Å²) in [5.41, 5.74) is 1.24. The predicted molar refractivity (Wildman–Crippen MR) is 88.5 cm³/mol. The highest BCUT2D eigenvalue weighted by Gasteiger charge is 1.96. The van der Waals surface area contributed by atoms with Crippen LogP contribution in [0.5, 0.6) is 0 Å². The normalized spacial score (nSPS) is 10.4. The van der Waals surface area contributed by atoms with Crippen LogP contribution in [0.15, 0.2) is 53.3 Å². The highest BCUT2D eigenvalue weighted by molar-refractivity contribution is 9.10. The maximum Gasteiger partial charge on any atom is 0.142 e. The van der Waals surface area contributed by atoms with Crippen molar-refractivity contribution in [3.05, 3.63) is 76.0 Å². The summed E-state index contributed by atoms with van der Waals surface area (Å²) in [5, 5.41) is 0. The summed E-state index contributed by atoms with van der Waals surface area (Å²) in [6, 6.07) is 4.94. The number of carbonyl (C=O) groups excluding carboxylic acids is 2. The number of hydrogen-bond donors (Lipinski definition) is 0. The Balaban J connectivity index is 0.000000231. The molecule has 0 N–H and O–H groups in total. The van der Waals surface area contributed by atoms with Crippen molar-refractivity contribution in [2.24, 2.45) is 0 Å². The smallest absolute Gasteiger partial charge is 0.142 e. The molecular weight excluding hydrogens is 368 g/mol. The lowest BCUT2D eigenvalue weighted by molar-refractivity contribution is -0.104. The van der Waals surface area contributed by atoms with Gasteiger partial charge in [0.15, 0.2) is 0 Å². The molecule has 1 aromatic heterocycles. The van der Waals surface area contributed by atoms with E-state index in [4.69, 9.17) is 0 Å². The second-order valence-corrected chi connectivity index (χ2v) is 5.05. The molecule has 0 amide bonds. The van der Waals surface area contributed by atoms with Gasteiger partial charge in [-0.3, -0.25) is 14.6 Å². The second kappa shape index (κ2) is 10.3. The highest BCUT2D eigenvalue weighted by atomic mass is 79.9. The van der Waals surface area contributed by atoms with Crippen molar-refractivity contribution in [1.82, 2.24) is 4.98 Å². The van der Waals surface area contributed by atoms with Crippen molar-refractivity contribution in [2.75, 3.05) is 0 Å². The van der Waals surface area contributed by atoms with Crippen molar-refractivity contribution in [2.45, 2.75) is 0 Å². The molecule has 0 saturated carbocycles. The second-order valence-electron chi connectivity index (χ2n) is 4.13. The third-order valence-electron chi connectivity index (χ3n) is 2.35. The number of benzene rings is 1. The van der Waals surface area contributed by atoms with Crippen molar-refractivity contribution >= 4 is 40.7 Å². The van der Waals surface area contributed by atoms with E-state index in [1.165, 1.54) is 18.2 Å². The number of aromatic nitrogens is 1. The molecule has 2 rings (SSSR count). The Labute approximate surface area is 140 Å². The van der Waals surface area contributed by atoms with E-state index < -0.39 is 11.6 Å². The maximum atomic E-state index is 12.5. The molecule has 0 radical (unpaired) electrons. The van der Waals surface area contributed by atoms with Crippen LogP contribution in [0.1, 0.15) is 11.1 Å². The van der Waals surface area contributed by atoms with E-state index in [0.717, 1.165) is 34.5 Å². The van der Waals surface area contributed by atoms with Gasteiger partial charge in [0, 0.05) is 22.9 Å². The van der Waals surface area contributed by atoms with E-state index in [1.54, 1.807) is 18.5 Å². The molecule has 118 valence electrons. The molecule has 0 aliphatic carbocycles. The fraction of sp³-hybridized carbons (Fsp3) is 0. The van der Waals surface area contributed by atoms with E-state index in [2.05, 4.69) is 20.9 Å². The molecule has 1 heterocycles. The first-order valence-electron chi connectivity index (χ1n) is 6.35. The Morgan fingerprint density at radius 1 is 0.826 bits per heavy atom. The van der Waals surface area contributed by atoms with Crippen LogP contribution < -0.4 is 0 Å².